The lowest BCUT2D eigenvalue weighted by atomic mass is 10.1. The molecule has 0 aromatic heterocycles. The lowest BCUT2D eigenvalue weighted by Gasteiger charge is -2.14. The molecule has 1 N–H and O–H groups in total. The number of unbranched alkanes of at least 4 members (excludes halogenated alkanes) is 1. The number of nitriles is 1. The maximum absolute atomic E-state index is 8.50. The predicted molar refractivity (Wildman–Crippen MR) is 73.5 cm³/mol. The smallest absolute Gasteiger partial charge is 0.126 e. The highest BCUT2D eigenvalue weighted by Gasteiger charge is 2.06. The van der Waals surface area contributed by atoms with Gasteiger partial charge in [-0.25, -0.2) is 0 Å². The van der Waals surface area contributed by atoms with Crippen molar-refractivity contribution in [3.8, 4) is 11.8 Å². The Morgan fingerprint density at radius 2 is 2.22 bits per heavy atom. The van der Waals surface area contributed by atoms with Crippen LogP contribution in [-0.4, -0.2) is 13.2 Å². The first-order valence-electron chi connectivity index (χ1n) is 6.58. The summed E-state index contributed by atoms with van der Waals surface area (Å²) in [4.78, 5) is 0. The molecule has 0 aliphatic rings. The second-order valence-corrected chi connectivity index (χ2v) is 4.35. The summed E-state index contributed by atoms with van der Waals surface area (Å²) in [5.41, 5.74) is 2.35. The largest absolute Gasteiger partial charge is 0.493 e. The number of hydrogen-bond acceptors (Lipinski definition) is 3. The van der Waals surface area contributed by atoms with E-state index in [1.54, 1.807) is 0 Å². The van der Waals surface area contributed by atoms with Crippen LogP contribution in [0.5, 0.6) is 5.75 Å². The average Bonchev–Trinajstić information content (AvgIpc) is 2.37. The van der Waals surface area contributed by atoms with Gasteiger partial charge in [0.1, 0.15) is 5.75 Å². The zero-order chi connectivity index (χ0) is 13.2. The van der Waals surface area contributed by atoms with Crippen LogP contribution < -0.4 is 10.1 Å². The second-order valence-electron chi connectivity index (χ2n) is 4.35. The van der Waals surface area contributed by atoms with E-state index in [2.05, 4.69) is 43.4 Å². The van der Waals surface area contributed by atoms with Gasteiger partial charge in [0.2, 0.25) is 0 Å². The Kier molecular flexibility index (Phi) is 6.90. The molecule has 0 aliphatic carbocycles. The van der Waals surface area contributed by atoms with E-state index in [-0.39, 0.29) is 0 Å². The van der Waals surface area contributed by atoms with Gasteiger partial charge in [-0.2, -0.15) is 5.26 Å². The molecule has 0 fully saturated rings. The first-order valence-corrected chi connectivity index (χ1v) is 6.58. The van der Waals surface area contributed by atoms with E-state index < -0.39 is 0 Å². The minimum Gasteiger partial charge on any atom is -0.493 e. The van der Waals surface area contributed by atoms with Gasteiger partial charge in [-0.1, -0.05) is 25.1 Å². The van der Waals surface area contributed by atoms with Crippen molar-refractivity contribution in [2.24, 2.45) is 0 Å². The maximum atomic E-state index is 8.50. The van der Waals surface area contributed by atoms with Gasteiger partial charge in [-0.3, -0.25) is 0 Å². The number of aryl methyl sites for hydroxylation is 1. The first kappa shape index (κ1) is 14.5. The minimum absolute atomic E-state index is 0.551. The molecule has 1 rings (SSSR count). The van der Waals surface area contributed by atoms with E-state index in [1.807, 2.05) is 0 Å². The van der Waals surface area contributed by atoms with Gasteiger partial charge in [0.25, 0.3) is 0 Å². The molecule has 18 heavy (non-hydrogen) atoms. The van der Waals surface area contributed by atoms with Crippen molar-refractivity contribution < 1.29 is 4.74 Å². The molecule has 0 spiro atoms. The van der Waals surface area contributed by atoms with Crippen molar-refractivity contribution >= 4 is 0 Å². The van der Waals surface area contributed by atoms with Gasteiger partial charge >= 0.3 is 0 Å². The zero-order valence-corrected chi connectivity index (χ0v) is 11.3. The predicted octanol–water partition coefficient (Wildman–Crippen LogP) is 3.18. The van der Waals surface area contributed by atoms with Crippen molar-refractivity contribution in [2.75, 3.05) is 13.2 Å². The summed E-state index contributed by atoms with van der Waals surface area (Å²) in [6, 6.07) is 8.34. The van der Waals surface area contributed by atoms with Crippen molar-refractivity contribution in [3.05, 3.63) is 29.3 Å². The Bertz CT molecular complexity index is 396. The Hall–Kier alpha value is -1.53. The molecular weight excluding hydrogens is 224 g/mol. The summed E-state index contributed by atoms with van der Waals surface area (Å²) in [5, 5.41) is 11.9. The van der Waals surface area contributed by atoms with Crippen molar-refractivity contribution in [1.82, 2.24) is 5.32 Å². The SMILES string of the molecule is CCCNCc1cccc(C)c1OCCCC#N. The van der Waals surface area contributed by atoms with E-state index in [0.29, 0.717) is 13.0 Å². The van der Waals surface area contributed by atoms with Gasteiger partial charge in [-0.15, -0.1) is 0 Å². The molecule has 0 unspecified atom stereocenters. The van der Waals surface area contributed by atoms with Gasteiger partial charge in [0.15, 0.2) is 0 Å². The quantitative estimate of drug-likeness (QED) is 0.716. The van der Waals surface area contributed by atoms with E-state index in [0.717, 1.165) is 37.2 Å². The minimum atomic E-state index is 0.551. The van der Waals surface area contributed by atoms with Gasteiger partial charge < -0.3 is 10.1 Å². The van der Waals surface area contributed by atoms with Crippen LogP contribution in [0.2, 0.25) is 0 Å². The highest BCUT2D eigenvalue weighted by Crippen LogP contribution is 2.23. The maximum Gasteiger partial charge on any atom is 0.126 e. The molecule has 0 bridgehead atoms. The zero-order valence-electron chi connectivity index (χ0n) is 11.3. The van der Waals surface area contributed by atoms with Crippen molar-refractivity contribution in [3.63, 3.8) is 0 Å². The van der Waals surface area contributed by atoms with Crippen molar-refractivity contribution in [1.29, 1.82) is 5.26 Å². The molecule has 0 saturated heterocycles. The number of rotatable bonds is 8. The van der Waals surface area contributed by atoms with Crippen LogP contribution in [-0.2, 0) is 6.54 Å². The topological polar surface area (TPSA) is 45.0 Å². The van der Waals surface area contributed by atoms with Crippen LogP contribution >= 0.6 is 0 Å². The Morgan fingerprint density at radius 1 is 1.39 bits per heavy atom. The third-order valence-corrected chi connectivity index (χ3v) is 2.71. The number of nitrogens with one attached hydrogen (secondary N) is 1. The fourth-order valence-electron chi connectivity index (χ4n) is 1.78. The molecule has 1 aromatic carbocycles. The standard InChI is InChI=1S/C15H22N2O/c1-3-10-17-12-14-8-6-7-13(2)15(14)18-11-5-4-9-16/h6-8,17H,3-5,10-12H2,1-2H3. The molecule has 0 atom stereocenters. The summed E-state index contributed by atoms with van der Waals surface area (Å²) < 4.78 is 5.81. The van der Waals surface area contributed by atoms with E-state index in [1.165, 1.54) is 5.56 Å². The summed E-state index contributed by atoms with van der Waals surface area (Å²) in [6.45, 7) is 6.68. The highest BCUT2D eigenvalue weighted by molar-refractivity contribution is 5.40. The summed E-state index contributed by atoms with van der Waals surface area (Å²) in [6.07, 6.45) is 2.46. The van der Waals surface area contributed by atoms with Crippen LogP contribution in [0.1, 0.15) is 37.3 Å². The van der Waals surface area contributed by atoms with Gasteiger partial charge in [0.05, 0.1) is 12.7 Å². The van der Waals surface area contributed by atoms with Gasteiger partial charge in [0, 0.05) is 18.5 Å². The summed E-state index contributed by atoms with van der Waals surface area (Å²) in [7, 11) is 0. The Balaban J connectivity index is 2.59. The lowest BCUT2D eigenvalue weighted by Crippen LogP contribution is -2.15. The Morgan fingerprint density at radius 3 is 2.94 bits per heavy atom. The van der Waals surface area contributed by atoms with E-state index in [4.69, 9.17) is 10.00 Å². The number of nitrogens with zero attached hydrogens (tertiary/aromatic N) is 1. The number of benzene rings is 1. The van der Waals surface area contributed by atoms with Crippen LogP contribution in [0, 0.1) is 18.3 Å². The molecule has 0 amide bonds. The number of ether oxygens (including phenoxy) is 1. The van der Waals surface area contributed by atoms with Crippen LogP contribution in [0.25, 0.3) is 0 Å². The van der Waals surface area contributed by atoms with Crippen molar-refractivity contribution in [2.45, 2.75) is 39.7 Å². The average molecular weight is 246 g/mol. The van der Waals surface area contributed by atoms with Crippen LogP contribution in [0.4, 0.5) is 0 Å². The molecule has 98 valence electrons. The molecule has 1 aromatic rings. The highest BCUT2D eigenvalue weighted by atomic mass is 16.5. The summed E-state index contributed by atoms with van der Waals surface area (Å²) >= 11 is 0. The lowest BCUT2D eigenvalue weighted by molar-refractivity contribution is 0.306. The molecule has 3 heteroatoms. The monoisotopic (exact) mass is 246 g/mol. The summed E-state index contributed by atoms with van der Waals surface area (Å²) in [5.74, 6) is 0.971. The molecule has 0 radical (unpaired) electrons. The normalized spacial score (nSPS) is 10.1. The third kappa shape index (κ3) is 4.77. The number of hydrogen-bond donors (Lipinski definition) is 1. The first-order chi connectivity index (χ1) is 8.79. The molecule has 0 heterocycles. The fraction of sp³-hybridized carbons (Fsp3) is 0.533. The fourth-order valence-corrected chi connectivity index (χ4v) is 1.78. The third-order valence-electron chi connectivity index (χ3n) is 2.71. The Labute approximate surface area is 110 Å². The second kappa shape index (κ2) is 8.54. The molecule has 3 nitrogen and oxygen atoms in total. The molecule has 0 saturated carbocycles. The molecular formula is C15H22N2O. The van der Waals surface area contributed by atoms with E-state index >= 15 is 0 Å². The van der Waals surface area contributed by atoms with E-state index in [9.17, 15) is 0 Å². The van der Waals surface area contributed by atoms with Crippen LogP contribution in [0.15, 0.2) is 18.2 Å². The van der Waals surface area contributed by atoms with Gasteiger partial charge in [-0.05, 0) is 31.9 Å². The molecule has 0 aliphatic heterocycles. The number of para-hydroxylation sites is 1. The van der Waals surface area contributed by atoms with Crippen LogP contribution in [0.3, 0.4) is 0 Å².